The Morgan fingerprint density at radius 3 is 2.46 bits per heavy atom. The van der Waals surface area contributed by atoms with E-state index in [4.69, 9.17) is 23.2 Å². The monoisotopic (exact) mass is 537 g/mol. The molecule has 0 fully saturated rings. The minimum atomic E-state index is -3.56. The zero-order valence-corrected chi connectivity index (χ0v) is 22.3. The number of carbonyl (C=O) groups is 1. The predicted octanol–water partition coefficient (Wildman–Crippen LogP) is 4.16. The van der Waals surface area contributed by atoms with Crippen LogP contribution >= 0.6 is 23.2 Å². The maximum Gasteiger partial charge on any atom is 0.274 e. The molecule has 4 rings (SSSR count). The van der Waals surface area contributed by atoms with E-state index in [1.807, 2.05) is 0 Å². The van der Waals surface area contributed by atoms with Crippen molar-refractivity contribution >= 4 is 50.5 Å². The van der Waals surface area contributed by atoms with Gasteiger partial charge in [-0.15, -0.1) is 0 Å². The Hall–Kier alpha value is -2.33. The van der Waals surface area contributed by atoms with Gasteiger partial charge in [0.1, 0.15) is 11.3 Å². The summed E-state index contributed by atoms with van der Waals surface area (Å²) in [5, 5.41) is 0.981. The Morgan fingerprint density at radius 1 is 1.00 bits per heavy atom. The molecule has 188 valence electrons. The molecule has 1 amide bonds. The Bertz CT molecular complexity index is 1340. The van der Waals surface area contributed by atoms with Gasteiger partial charge in [-0.3, -0.25) is 14.0 Å². The molecule has 0 radical (unpaired) electrons. The normalized spacial score (nSPS) is 16.4. The topological polar surface area (TPSA) is 78.2 Å². The number of fused-ring (bicyclic) bond motifs is 2. The standard InChI is InChI=1S/C24H29Cl2N5O3S/c1-17(2)28-9-4-10-31(35(3,33)34)22-13-19(25)6-5-18(22)14-29(12-11-28)24(32)21-16-30-15-20(26)7-8-23(30)27-21/h5-8,13,15-17H,4,9-12,14H2,1-3H3. The summed E-state index contributed by atoms with van der Waals surface area (Å²) in [5.74, 6) is -0.236. The highest BCUT2D eigenvalue weighted by atomic mass is 35.5. The van der Waals surface area contributed by atoms with Crippen LogP contribution in [0.1, 0.15) is 36.3 Å². The molecule has 0 saturated heterocycles. The Balaban J connectivity index is 1.76. The molecule has 0 aliphatic carbocycles. The lowest BCUT2D eigenvalue weighted by atomic mass is 10.1. The summed E-state index contributed by atoms with van der Waals surface area (Å²) in [4.78, 5) is 22.1. The van der Waals surface area contributed by atoms with Crippen molar-refractivity contribution in [3.05, 3.63) is 64.0 Å². The van der Waals surface area contributed by atoms with Gasteiger partial charge in [-0.05, 0) is 50.1 Å². The number of hydrogen-bond donors (Lipinski definition) is 0. The van der Waals surface area contributed by atoms with Crippen LogP contribution in [-0.2, 0) is 16.6 Å². The highest BCUT2D eigenvalue weighted by Gasteiger charge is 2.27. The van der Waals surface area contributed by atoms with Crippen molar-refractivity contribution in [3.63, 3.8) is 0 Å². The number of imidazole rings is 1. The highest BCUT2D eigenvalue weighted by molar-refractivity contribution is 7.92. The first-order chi connectivity index (χ1) is 16.5. The fourth-order valence-electron chi connectivity index (χ4n) is 4.35. The van der Waals surface area contributed by atoms with Crippen molar-refractivity contribution in [1.29, 1.82) is 0 Å². The molecule has 11 heteroatoms. The molecular weight excluding hydrogens is 509 g/mol. The third kappa shape index (κ3) is 5.91. The van der Waals surface area contributed by atoms with Crippen LogP contribution in [0.15, 0.2) is 42.7 Å². The first-order valence-electron chi connectivity index (χ1n) is 11.5. The van der Waals surface area contributed by atoms with Crippen LogP contribution in [0.4, 0.5) is 5.69 Å². The molecule has 0 saturated carbocycles. The van der Waals surface area contributed by atoms with Gasteiger partial charge in [-0.25, -0.2) is 13.4 Å². The Kier molecular flexibility index (Phi) is 7.61. The molecule has 35 heavy (non-hydrogen) atoms. The second kappa shape index (κ2) is 10.3. The van der Waals surface area contributed by atoms with Crippen molar-refractivity contribution in [2.45, 2.75) is 32.9 Å². The zero-order valence-electron chi connectivity index (χ0n) is 20.0. The Labute approximate surface area is 216 Å². The van der Waals surface area contributed by atoms with Gasteiger partial charge < -0.3 is 9.30 Å². The van der Waals surface area contributed by atoms with Gasteiger partial charge in [0.2, 0.25) is 10.0 Å². The Morgan fingerprint density at radius 2 is 1.74 bits per heavy atom. The SMILES string of the molecule is CC(C)N1CCCN(S(C)(=O)=O)c2cc(Cl)ccc2CN(C(=O)c2cn3cc(Cl)ccc3n2)CC1. The maximum atomic E-state index is 13.7. The molecule has 1 aromatic carbocycles. The van der Waals surface area contributed by atoms with Gasteiger partial charge in [0.05, 0.1) is 17.0 Å². The average molecular weight is 539 g/mol. The lowest BCUT2D eigenvalue weighted by Crippen LogP contribution is -2.41. The van der Waals surface area contributed by atoms with Crippen LogP contribution in [0.5, 0.6) is 0 Å². The van der Waals surface area contributed by atoms with Gasteiger partial charge in [-0.1, -0.05) is 29.3 Å². The molecule has 0 atom stereocenters. The fourth-order valence-corrected chi connectivity index (χ4v) is 5.67. The fraction of sp³-hybridized carbons (Fsp3) is 0.417. The molecule has 0 N–H and O–H groups in total. The first kappa shape index (κ1) is 25.8. The number of rotatable bonds is 3. The molecule has 2 aromatic heterocycles. The van der Waals surface area contributed by atoms with E-state index in [0.717, 1.165) is 0 Å². The number of halogens is 2. The smallest absolute Gasteiger partial charge is 0.274 e. The molecule has 3 heterocycles. The second-order valence-corrected chi connectivity index (χ2v) is 11.8. The summed E-state index contributed by atoms with van der Waals surface area (Å²) >= 11 is 12.4. The van der Waals surface area contributed by atoms with Crippen molar-refractivity contribution in [3.8, 4) is 0 Å². The number of nitrogens with zero attached hydrogens (tertiary/aromatic N) is 5. The lowest BCUT2D eigenvalue weighted by Gasteiger charge is -2.29. The van der Waals surface area contributed by atoms with Gasteiger partial charge in [0, 0.05) is 56.2 Å². The second-order valence-electron chi connectivity index (χ2n) is 9.06. The highest BCUT2D eigenvalue weighted by Crippen LogP contribution is 2.29. The van der Waals surface area contributed by atoms with Gasteiger partial charge in [-0.2, -0.15) is 0 Å². The number of aromatic nitrogens is 2. The molecular formula is C24H29Cl2N5O3S. The van der Waals surface area contributed by atoms with Gasteiger partial charge >= 0.3 is 0 Å². The quantitative estimate of drug-likeness (QED) is 0.501. The number of carbonyl (C=O) groups excluding carboxylic acids is 1. The van der Waals surface area contributed by atoms with Crippen molar-refractivity contribution in [2.75, 3.05) is 36.7 Å². The van der Waals surface area contributed by atoms with Crippen LogP contribution < -0.4 is 4.31 Å². The van der Waals surface area contributed by atoms with E-state index in [2.05, 4.69) is 23.7 Å². The maximum absolute atomic E-state index is 13.7. The van der Waals surface area contributed by atoms with Crippen molar-refractivity contribution in [1.82, 2.24) is 19.2 Å². The van der Waals surface area contributed by atoms with E-state index in [-0.39, 0.29) is 18.5 Å². The number of pyridine rings is 1. The number of hydrogen-bond acceptors (Lipinski definition) is 5. The molecule has 3 aromatic rings. The van der Waals surface area contributed by atoms with E-state index in [0.29, 0.717) is 65.2 Å². The third-order valence-corrected chi connectivity index (χ3v) is 7.83. The number of sulfonamides is 1. The summed E-state index contributed by atoms with van der Waals surface area (Å²) < 4.78 is 28.6. The number of amides is 1. The minimum absolute atomic E-state index is 0.220. The van der Waals surface area contributed by atoms with Crippen LogP contribution in [0, 0.1) is 0 Å². The van der Waals surface area contributed by atoms with E-state index in [1.165, 1.54) is 10.6 Å². The van der Waals surface area contributed by atoms with Crippen molar-refractivity contribution < 1.29 is 13.2 Å². The molecule has 1 aliphatic rings. The van der Waals surface area contributed by atoms with Crippen LogP contribution in [-0.4, -0.2) is 72.0 Å². The third-order valence-electron chi connectivity index (χ3n) is 6.19. The van der Waals surface area contributed by atoms with E-state index in [1.54, 1.807) is 52.0 Å². The molecule has 1 aliphatic heterocycles. The zero-order chi connectivity index (χ0) is 25.3. The summed E-state index contributed by atoms with van der Waals surface area (Å²) in [7, 11) is -3.56. The minimum Gasteiger partial charge on any atom is -0.332 e. The number of anilines is 1. The largest absolute Gasteiger partial charge is 0.332 e. The summed E-state index contributed by atoms with van der Waals surface area (Å²) in [6.07, 6.45) is 5.22. The van der Waals surface area contributed by atoms with E-state index in [9.17, 15) is 13.2 Å². The summed E-state index contributed by atoms with van der Waals surface area (Å²) in [5.41, 5.74) is 2.12. The van der Waals surface area contributed by atoms with Crippen molar-refractivity contribution in [2.24, 2.45) is 0 Å². The van der Waals surface area contributed by atoms with Crippen LogP contribution in [0.3, 0.4) is 0 Å². The predicted molar refractivity (Wildman–Crippen MR) is 140 cm³/mol. The number of benzene rings is 1. The lowest BCUT2D eigenvalue weighted by molar-refractivity contribution is 0.0707. The summed E-state index contributed by atoms with van der Waals surface area (Å²) in [6, 6.07) is 8.90. The van der Waals surface area contributed by atoms with Gasteiger partial charge in [0.25, 0.3) is 5.91 Å². The average Bonchev–Trinajstić information content (AvgIpc) is 3.18. The first-order valence-corrected chi connectivity index (χ1v) is 14.1. The van der Waals surface area contributed by atoms with E-state index >= 15 is 0 Å². The molecule has 0 bridgehead atoms. The molecule has 0 spiro atoms. The van der Waals surface area contributed by atoms with Gasteiger partial charge in [0.15, 0.2) is 0 Å². The van der Waals surface area contributed by atoms with Crippen LogP contribution in [0.2, 0.25) is 10.0 Å². The molecule has 8 nitrogen and oxygen atoms in total. The summed E-state index contributed by atoms with van der Waals surface area (Å²) in [6.45, 7) is 6.57. The van der Waals surface area contributed by atoms with Crippen LogP contribution in [0.25, 0.3) is 5.65 Å². The van der Waals surface area contributed by atoms with E-state index < -0.39 is 10.0 Å². The molecule has 0 unspecified atom stereocenters.